The third kappa shape index (κ3) is 1.44. The summed E-state index contributed by atoms with van der Waals surface area (Å²) < 4.78 is 0. The molecule has 1 rings (SSSR count). The number of aromatic nitrogens is 2. The molecule has 0 bridgehead atoms. The van der Waals surface area contributed by atoms with Crippen molar-refractivity contribution >= 4 is 11.8 Å². The largest absolute Gasteiger partial charge is 0.338 e. The Morgan fingerprint density at radius 1 is 1.89 bits per heavy atom. The molecule has 9 heavy (non-hydrogen) atoms. The molecule has 46 valence electrons. The first-order valence-corrected chi connectivity index (χ1v) is 2.39. The molecule has 0 saturated carbocycles. The molecular weight excluding hydrogens is 118 g/mol. The van der Waals surface area contributed by atoms with Crippen LogP contribution in [0.25, 0.3) is 0 Å². The number of carbonyl (C=O) groups excluding carboxylic acids is 1. The number of rotatable bonds is 2. The van der Waals surface area contributed by atoms with Crippen molar-refractivity contribution in [3.8, 4) is 0 Å². The lowest BCUT2D eigenvalue weighted by molar-refractivity contribution is 0.569. The van der Waals surface area contributed by atoms with E-state index in [1.165, 1.54) is 0 Å². The van der Waals surface area contributed by atoms with Crippen molar-refractivity contribution in [2.24, 2.45) is 0 Å². The monoisotopic (exact) mass is 123 g/mol. The predicted molar refractivity (Wildman–Crippen MR) is 32.5 cm³/mol. The van der Waals surface area contributed by atoms with Gasteiger partial charge in [-0.15, -0.1) is 0 Å². The second-order valence-corrected chi connectivity index (χ2v) is 1.38. The van der Waals surface area contributed by atoms with Gasteiger partial charge in [0.05, 0.1) is 12.4 Å². The number of aromatic amines is 1. The molecule has 0 fully saturated rings. The highest BCUT2D eigenvalue weighted by molar-refractivity contribution is 5.52. The minimum absolute atomic E-state index is 0.679. The molecule has 0 radical (unpaired) electrons. The van der Waals surface area contributed by atoms with Gasteiger partial charge in [-0.25, -0.2) is 4.79 Å². The van der Waals surface area contributed by atoms with Crippen LogP contribution in [0.5, 0.6) is 0 Å². The van der Waals surface area contributed by atoms with Gasteiger partial charge in [-0.3, -0.25) is 5.10 Å². The van der Waals surface area contributed by atoms with Crippen LogP contribution in [0.1, 0.15) is 0 Å². The van der Waals surface area contributed by atoms with E-state index in [1.807, 2.05) is 0 Å². The molecule has 1 heterocycles. The number of H-pyrrole nitrogens is 1. The Labute approximate surface area is 51.6 Å². The molecule has 4 nitrogen and oxygen atoms in total. The summed E-state index contributed by atoms with van der Waals surface area (Å²) in [5, 5.41) is 8.85. The van der Waals surface area contributed by atoms with E-state index in [0.29, 0.717) is 5.82 Å². The fraction of sp³-hybridized carbons (Fsp3) is 0. The van der Waals surface area contributed by atoms with E-state index in [2.05, 4.69) is 15.5 Å². The van der Waals surface area contributed by atoms with Crippen LogP contribution in [0.2, 0.25) is 0 Å². The highest BCUT2D eigenvalue weighted by Gasteiger charge is 1.83. The second kappa shape index (κ2) is 2.69. The van der Waals surface area contributed by atoms with Crippen LogP contribution in [0.4, 0.5) is 5.82 Å². The van der Waals surface area contributed by atoms with Gasteiger partial charge in [0.2, 0.25) is 0 Å². The zero-order valence-electron chi connectivity index (χ0n) is 4.59. The van der Waals surface area contributed by atoms with Gasteiger partial charge in [-0.2, -0.15) is 5.10 Å². The van der Waals surface area contributed by atoms with Gasteiger partial charge >= 0.3 is 0 Å². The van der Waals surface area contributed by atoms with Crippen LogP contribution >= 0.6 is 0 Å². The fourth-order valence-corrected chi connectivity index (χ4v) is 0.443. The summed E-state index contributed by atoms with van der Waals surface area (Å²) in [4.78, 5) is 9.62. The van der Waals surface area contributed by atoms with E-state index in [4.69, 9.17) is 0 Å². The molecule has 4 heteroatoms. The smallest absolute Gasteiger partial charge is 0.142 e. The minimum atomic E-state index is 0.679. The van der Waals surface area contributed by atoms with E-state index < -0.39 is 0 Å². The Morgan fingerprint density at radius 2 is 2.78 bits per heavy atom. The van der Waals surface area contributed by atoms with E-state index >= 15 is 0 Å². The Balaban J connectivity index is 2.57. The fourth-order valence-electron chi connectivity index (χ4n) is 0.443. The van der Waals surface area contributed by atoms with Crippen molar-refractivity contribution < 1.29 is 4.79 Å². The van der Waals surface area contributed by atoms with E-state index in [-0.39, 0.29) is 0 Å². The van der Waals surface area contributed by atoms with Crippen LogP contribution in [0.3, 0.4) is 0 Å². The Morgan fingerprint density at radius 3 is 3.33 bits per heavy atom. The van der Waals surface area contributed by atoms with Crippen molar-refractivity contribution in [2.75, 3.05) is 5.32 Å². The van der Waals surface area contributed by atoms with E-state index in [0.717, 1.165) is 6.20 Å². The summed E-state index contributed by atoms with van der Waals surface area (Å²) in [6, 6.07) is 1.70. The first-order valence-electron chi connectivity index (χ1n) is 2.39. The molecule has 0 saturated heterocycles. The van der Waals surface area contributed by atoms with Gasteiger partial charge in [-0.1, -0.05) is 0 Å². The zero-order valence-corrected chi connectivity index (χ0v) is 4.59. The summed E-state index contributed by atoms with van der Waals surface area (Å²) in [6.45, 7) is 0. The molecule has 1 aromatic rings. The number of nitrogens with zero attached hydrogens (tertiary/aromatic N) is 1. The molecule has 0 amide bonds. The highest BCUT2D eigenvalue weighted by atomic mass is 16.1. The van der Waals surface area contributed by atoms with Gasteiger partial charge in [0.1, 0.15) is 11.8 Å². The van der Waals surface area contributed by atoms with Gasteiger partial charge in [0.15, 0.2) is 0 Å². The average molecular weight is 123 g/mol. The summed E-state index contributed by atoms with van der Waals surface area (Å²) in [5.74, 6) is 2.25. The Bertz CT molecular complexity index is 210. The third-order valence-electron chi connectivity index (χ3n) is 0.787. The van der Waals surface area contributed by atoms with Crippen molar-refractivity contribution in [1.29, 1.82) is 0 Å². The first kappa shape index (κ1) is 5.59. The lowest BCUT2D eigenvalue weighted by Gasteiger charge is -1.87. The Hall–Kier alpha value is -1.54. The van der Waals surface area contributed by atoms with Crippen molar-refractivity contribution in [2.45, 2.75) is 0 Å². The first-order chi connectivity index (χ1) is 4.43. The maximum atomic E-state index is 9.62. The van der Waals surface area contributed by atoms with E-state index in [9.17, 15) is 4.79 Å². The number of anilines is 1. The lowest BCUT2D eigenvalue weighted by Crippen LogP contribution is -1.86. The van der Waals surface area contributed by atoms with Gasteiger partial charge < -0.3 is 5.32 Å². The normalized spacial score (nSPS) is 8.00. The maximum Gasteiger partial charge on any atom is 0.142 e. The molecule has 2 N–H and O–H groups in total. The predicted octanol–water partition coefficient (Wildman–Crippen LogP) is 0.167. The zero-order chi connectivity index (χ0) is 6.53. The molecule has 0 aromatic carbocycles. The maximum absolute atomic E-state index is 9.62. The molecule has 1 aromatic heterocycles. The number of hydrogen-bond acceptors (Lipinski definition) is 3. The molecule has 0 aliphatic rings. The SMILES string of the molecule is O=C=CNc1ccn[nH]1. The van der Waals surface area contributed by atoms with Crippen molar-refractivity contribution in [3.05, 3.63) is 18.5 Å². The lowest BCUT2D eigenvalue weighted by atomic mass is 10.6. The summed E-state index contributed by atoms with van der Waals surface area (Å²) in [5.41, 5.74) is 0. The van der Waals surface area contributed by atoms with Crippen LogP contribution in [0, 0.1) is 0 Å². The van der Waals surface area contributed by atoms with Crippen LogP contribution < -0.4 is 5.32 Å². The van der Waals surface area contributed by atoms with Gasteiger partial charge in [-0.05, 0) is 0 Å². The van der Waals surface area contributed by atoms with Gasteiger partial charge in [0, 0.05) is 6.07 Å². The summed E-state index contributed by atoms with van der Waals surface area (Å²) in [7, 11) is 0. The standard InChI is InChI=1S/C5H5N3O/c9-4-3-6-5-1-2-7-8-5/h1-3H,(H2,6,7,8). The van der Waals surface area contributed by atoms with E-state index in [1.54, 1.807) is 18.2 Å². The van der Waals surface area contributed by atoms with Crippen molar-refractivity contribution in [1.82, 2.24) is 10.2 Å². The highest BCUT2D eigenvalue weighted by Crippen LogP contribution is 1.95. The molecular formula is C5H5N3O. The van der Waals surface area contributed by atoms with Crippen LogP contribution in [-0.4, -0.2) is 16.1 Å². The Kier molecular flexibility index (Phi) is 1.67. The molecule has 0 spiro atoms. The van der Waals surface area contributed by atoms with Crippen LogP contribution in [0.15, 0.2) is 18.5 Å². The molecule has 0 aliphatic heterocycles. The molecule has 0 atom stereocenters. The van der Waals surface area contributed by atoms with Crippen molar-refractivity contribution in [3.63, 3.8) is 0 Å². The second-order valence-electron chi connectivity index (χ2n) is 1.38. The summed E-state index contributed by atoms with van der Waals surface area (Å²) in [6.07, 6.45) is 2.74. The van der Waals surface area contributed by atoms with Gasteiger partial charge in [0.25, 0.3) is 0 Å². The quantitative estimate of drug-likeness (QED) is 0.551. The average Bonchev–Trinajstić information content (AvgIpc) is 2.34. The topological polar surface area (TPSA) is 57.8 Å². The summed E-state index contributed by atoms with van der Waals surface area (Å²) >= 11 is 0. The molecule has 0 aliphatic carbocycles. The number of hydrogen-bond donors (Lipinski definition) is 2. The molecule has 0 unspecified atom stereocenters. The third-order valence-corrected chi connectivity index (χ3v) is 0.787. The number of nitrogens with one attached hydrogen (secondary N) is 2. The van der Waals surface area contributed by atoms with Crippen LogP contribution in [-0.2, 0) is 4.79 Å². The minimum Gasteiger partial charge on any atom is -0.338 e.